The summed E-state index contributed by atoms with van der Waals surface area (Å²) >= 11 is 1.95. The summed E-state index contributed by atoms with van der Waals surface area (Å²) in [6, 6.07) is 7.55. The quantitative estimate of drug-likeness (QED) is 0.847. The van der Waals surface area contributed by atoms with Crippen molar-refractivity contribution >= 4 is 17.7 Å². The average molecular weight is 293 g/mol. The lowest BCUT2D eigenvalue weighted by atomic mass is 10.1. The Morgan fingerprint density at radius 3 is 2.95 bits per heavy atom. The van der Waals surface area contributed by atoms with Gasteiger partial charge in [-0.3, -0.25) is 4.79 Å². The van der Waals surface area contributed by atoms with Crippen molar-refractivity contribution < 1.29 is 9.90 Å². The minimum Gasteiger partial charge on any atom is -0.508 e. The maximum absolute atomic E-state index is 12.0. The molecule has 2 unspecified atom stereocenters. The van der Waals surface area contributed by atoms with E-state index in [2.05, 4.69) is 12.2 Å². The molecule has 1 aliphatic carbocycles. The zero-order valence-corrected chi connectivity index (χ0v) is 12.8. The largest absolute Gasteiger partial charge is 0.508 e. The predicted octanol–water partition coefficient (Wildman–Crippen LogP) is 3.12. The van der Waals surface area contributed by atoms with Crippen LogP contribution in [-0.4, -0.2) is 28.1 Å². The van der Waals surface area contributed by atoms with Crippen molar-refractivity contribution in [3.63, 3.8) is 0 Å². The first-order chi connectivity index (χ1) is 9.70. The van der Waals surface area contributed by atoms with Gasteiger partial charge in [0.1, 0.15) is 5.75 Å². The third kappa shape index (κ3) is 4.17. The number of phenolic OH excluding ortho intramolecular Hbond substituents is 1. The first-order valence-electron chi connectivity index (χ1n) is 7.38. The fourth-order valence-electron chi connectivity index (χ4n) is 2.75. The second-order valence-corrected chi connectivity index (χ2v) is 6.74. The van der Waals surface area contributed by atoms with Gasteiger partial charge in [0.15, 0.2) is 0 Å². The number of carbonyl (C=O) groups excluding carboxylic acids is 1. The van der Waals surface area contributed by atoms with Crippen LogP contribution in [0, 0.1) is 0 Å². The number of thioether (sulfide) groups is 1. The van der Waals surface area contributed by atoms with E-state index in [1.165, 1.54) is 12.8 Å². The second-order valence-electron chi connectivity index (χ2n) is 5.23. The zero-order chi connectivity index (χ0) is 14.4. The van der Waals surface area contributed by atoms with Crippen molar-refractivity contribution in [2.75, 3.05) is 5.75 Å². The van der Waals surface area contributed by atoms with Crippen molar-refractivity contribution in [3.05, 3.63) is 29.8 Å². The van der Waals surface area contributed by atoms with Gasteiger partial charge in [-0.25, -0.2) is 0 Å². The SMILES string of the molecule is CCSC1CCCC1NC(=O)CCc1ccccc1O. The predicted molar refractivity (Wildman–Crippen MR) is 84.1 cm³/mol. The lowest BCUT2D eigenvalue weighted by Gasteiger charge is -2.20. The van der Waals surface area contributed by atoms with E-state index in [-0.39, 0.29) is 11.7 Å². The van der Waals surface area contributed by atoms with Crippen molar-refractivity contribution in [1.29, 1.82) is 0 Å². The highest BCUT2D eigenvalue weighted by molar-refractivity contribution is 7.99. The van der Waals surface area contributed by atoms with Gasteiger partial charge < -0.3 is 10.4 Å². The Balaban J connectivity index is 1.79. The highest BCUT2D eigenvalue weighted by atomic mass is 32.2. The third-order valence-electron chi connectivity index (χ3n) is 3.79. The Morgan fingerprint density at radius 1 is 1.40 bits per heavy atom. The van der Waals surface area contributed by atoms with Crippen molar-refractivity contribution in [3.8, 4) is 5.75 Å². The molecule has 1 amide bonds. The topological polar surface area (TPSA) is 49.3 Å². The van der Waals surface area contributed by atoms with Crippen LogP contribution in [0.15, 0.2) is 24.3 Å². The zero-order valence-electron chi connectivity index (χ0n) is 12.0. The van der Waals surface area contributed by atoms with Crippen molar-refractivity contribution in [2.45, 2.75) is 50.3 Å². The molecule has 0 bridgehead atoms. The number of hydrogen-bond donors (Lipinski definition) is 2. The van der Waals surface area contributed by atoms with Gasteiger partial charge in [0.05, 0.1) is 0 Å². The van der Waals surface area contributed by atoms with Crippen LogP contribution >= 0.6 is 11.8 Å². The van der Waals surface area contributed by atoms with E-state index in [0.29, 0.717) is 24.1 Å². The fourth-order valence-corrected chi connectivity index (χ4v) is 3.95. The molecule has 0 saturated heterocycles. The van der Waals surface area contributed by atoms with Crippen LogP contribution < -0.4 is 5.32 Å². The molecule has 1 saturated carbocycles. The number of phenols is 1. The number of nitrogens with one attached hydrogen (secondary N) is 1. The number of hydrogen-bond acceptors (Lipinski definition) is 3. The van der Waals surface area contributed by atoms with E-state index < -0.39 is 0 Å². The van der Waals surface area contributed by atoms with E-state index in [1.807, 2.05) is 23.9 Å². The minimum absolute atomic E-state index is 0.0989. The monoisotopic (exact) mass is 293 g/mol. The molecular formula is C16H23NO2S. The summed E-state index contributed by atoms with van der Waals surface area (Å²) in [5, 5.41) is 13.4. The van der Waals surface area contributed by atoms with Crippen molar-refractivity contribution in [2.24, 2.45) is 0 Å². The van der Waals surface area contributed by atoms with Crippen LogP contribution in [0.4, 0.5) is 0 Å². The minimum atomic E-state index is 0.0989. The number of carbonyl (C=O) groups is 1. The second kappa shape index (κ2) is 7.58. The summed E-state index contributed by atoms with van der Waals surface area (Å²) < 4.78 is 0. The number of rotatable bonds is 6. The summed E-state index contributed by atoms with van der Waals surface area (Å²) in [4.78, 5) is 12.0. The molecule has 2 N–H and O–H groups in total. The Hall–Kier alpha value is -1.16. The molecule has 110 valence electrons. The molecule has 0 radical (unpaired) electrons. The van der Waals surface area contributed by atoms with E-state index in [9.17, 15) is 9.90 Å². The van der Waals surface area contributed by atoms with E-state index >= 15 is 0 Å². The van der Waals surface area contributed by atoms with E-state index in [1.54, 1.807) is 12.1 Å². The number of benzene rings is 1. The smallest absolute Gasteiger partial charge is 0.220 e. The molecule has 0 spiro atoms. The molecule has 1 fully saturated rings. The first kappa shape index (κ1) is 15.2. The lowest BCUT2D eigenvalue weighted by molar-refractivity contribution is -0.121. The van der Waals surface area contributed by atoms with E-state index in [0.717, 1.165) is 17.7 Å². The van der Waals surface area contributed by atoms with Gasteiger partial charge in [-0.2, -0.15) is 11.8 Å². The van der Waals surface area contributed by atoms with Crippen molar-refractivity contribution in [1.82, 2.24) is 5.32 Å². The van der Waals surface area contributed by atoms with Crippen LogP contribution in [-0.2, 0) is 11.2 Å². The van der Waals surface area contributed by atoms with Crippen LogP contribution in [0.3, 0.4) is 0 Å². The molecule has 1 aliphatic rings. The Bertz CT molecular complexity index is 450. The van der Waals surface area contributed by atoms with Gasteiger partial charge in [0.25, 0.3) is 0 Å². The highest BCUT2D eigenvalue weighted by Crippen LogP contribution is 2.30. The molecular weight excluding hydrogens is 270 g/mol. The van der Waals surface area contributed by atoms with Gasteiger partial charge in [-0.05, 0) is 36.6 Å². The molecule has 0 aromatic heterocycles. The third-order valence-corrected chi connectivity index (χ3v) is 5.12. The molecule has 2 rings (SSSR count). The number of para-hydroxylation sites is 1. The fraction of sp³-hybridized carbons (Fsp3) is 0.562. The molecule has 0 heterocycles. The van der Waals surface area contributed by atoms with Gasteiger partial charge >= 0.3 is 0 Å². The Morgan fingerprint density at radius 2 is 2.20 bits per heavy atom. The number of amides is 1. The Labute approximate surface area is 125 Å². The summed E-state index contributed by atoms with van der Waals surface area (Å²) in [5.41, 5.74) is 0.841. The molecule has 1 aromatic carbocycles. The van der Waals surface area contributed by atoms with Gasteiger partial charge in [-0.1, -0.05) is 31.5 Å². The first-order valence-corrected chi connectivity index (χ1v) is 8.43. The number of aryl methyl sites for hydroxylation is 1. The standard InChI is InChI=1S/C16H23NO2S/c1-2-20-15-9-5-7-13(15)17-16(19)11-10-12-6-3-4-8-14(12)18/h3-4,6,8,13,15,18H,2,5,7,9-11H2,1H3,(H,17,19). The summed E-state index contributed by atoms with van der Waals surface area (Å²) in [5.74, 6) is 1.48. The molecule has 1 aromatic rings. The maximum atomic E-state index is 12.0. The Kier molecular flexibility index (Phi) is 5.77. The number of aromatic hydroxyl groups is 1. The molecule has 0 aliphatic heterocycles. The van der Waals surface area contributed by atoms with Crippen LogP contribution in [0.25, 0.3) is 0 Å². The van der Waals surface area contributed by atoms with E-state index in [4.69, 9.17) is 0 Å². The molecule has 3 nitrogen and oxygen atoms in total. The molecule has 2 atom stereocenters. The molecule has 4 heteroatoms. The van der Waals surface area contributed by atoms with Crippen LogP contribution in [0.2, 0.25) is 0 Å². The maximum Gasteiger partial charge on any atom is 0.220 e. The highest BCUT2D eigenvalue weighted by Gasteiger charge is 2.28. The van der Waals surface area contributed by atoms with Crippen LogP contribution in [0.5, 0.6) is 5.75 Å². The lowest BCUT2D eigenvalue weighted by Crippen LogP contribution is -2.38. The average Bonchev–Trinajstić information content (AvgIpc) is 2.86. The van der Waals surface area contributed by atoms with Gasteiger partial charge in [0, 0.05) is 17.7 Å². The molecule has 20 heavy (non-hydrogen) atoms. The van der Waals surface area contributed by atoms with Crippen LogP contribution in [0.1, 0.15) is 38.2 Å². The summed E-state index contributed by atoms with van der Waals surface area (Å²) in [6.45, 7) is 2.17. The van der Waals surface area contributed by atoms with Gasteiger partial charge in [-0.15, -0.1) is 0 Å². The summed E-state index contributed by atoms with van der Waals surface area (Å²) in [6.07, 6.45) is 4.55. The normalized spacial score (nSPS) is 21.9. The van der Waals surface area contributed by atoms with Gasteiger partial charge in [0.2, 0.25) is 5.91 Å². The summed E-state index contributed by atoms with van der Waals surface area (Å²) in [7, 11) is 0.